The minimum Gasteiger partial charge on any atom is -0.361 e. The van der Waals surface area contributed by atoms with Crippen LogP contribution in [0.1, 0.15) is 61.8 Å². The van der Waals surface area contributed by atoms with E-state index in [4.69, 9.17) is 0 Å². The number of aromatic nitrogens is 2. The van der Waals surface area contributed by atoms with Gasteiger partial charge in [-0.15, -0.1) is 0 Å². The van der Waals surface area contributed by atoms with Gasteiger partial charge in [0.1, 0.15) is 0 Å². The number of hydrogen-bond acceptors (Lipinski definition) is 0. The summed E-state index contributed by atoms with van der Waals surface area (Å²) in [6.45, 7) is 9.63. The lowest BCUT2D eigenvalue weighted by Crippen LogP contribution is -2.29. The predicted octanol–water partition coefficient (Wildman–Crippen LogP) is 10.7. The molecule has 4 aromatic carbocycles. The van der Waals surface area contributed by atoms with Gasteiger partial charge in [-0.25, -0.2) is 0 Å². The Hall–Kier alpha value is -4.56. The molecule has 2 N–H and O–H groups in total. The molecule has 2 atom stereocenters. The number of aromatic amines is 2. The fraction of sp³-hybridized carbons (Fsp3) is 0.179. The standard InChI is InChI=1S/C39H34N2/c1-23-17-25-13-15-27(33-21-40-35-11-7-5-9-29(33)35)19-31(25)37(23)39(3,4)38-24(2)18-26-14-16-28(20-32(26)38)34-22-41-36-12-8-6-10-30(34)36/h5-22,37-38,40-41H,1-4H3. The summed E-state index contributed by atoms with van der Waals surface area (Å²) in [7, 11) is 0. The summed E-state index contributed by atoms with van der Waals surface area (Å²) in [5.74, 6) is 0.664. The molecular weight excluding hydrogens is 496 g/mol. The molecule has 2 aliphatic rings. The maximum atomic E-state index is 3.47. The van der Waals surface area contributed by atoms with Crippen molar-refractivity contribution in [2.24, 2.45) is 5.41 Å². The summed E-state index contributed by atoms with van der Waals surface area (Å²) in [4.78, 5) is 6.94. The lowest BCUT2D eigenvalue weighted by molar-refractivity contribution is 0.275. The third-order valence-corrected chi connectivity index (χ3v) is 9.76. The highest BCUT2D eigenvalue weighted by molar-refractivity contribution is 5.97. The fourth-order valence-electron chi connectivity index (χ4n) is 8.16. The zero-order valence-corrected chi connectivity index (χ0v) is 24.0. The van der Waals surface area contributed by atoms with Gasteiger partial charge in [0.25, 0.3) is 0 Å². The van der Waals surface area contributed by atoms with E-state index in [1.807, 2.05) is 0 Å². The molecule has 2 unspecified atom stereocenters. The van der Waals surface area contributed by atoms with E-state index in [9.17, 15) is 0 Å². The number of para-hydroxylation sites is 2. The highest BCUT2D eigenvalue weighted by Crippen LogP contribution is 2.59. The van der Waals surface area contributed by atoms with E-state index in [1.165, 1.54) is 77.5 Å². The average Bonchev–Trinajstić information content (AvgIpc) is 3.73. The van der Waals surface area contributed by atoms with Gasteiger partial charge in [-0.1, -0.05) is 97.8 Å². The lowest BCUT2D eigenvalue weighted by atomic mass is 9.62. The molecule has 2 aliphatic carbocycles. The van der Waals surface area contributed by atoms with E-state index in [0.29, 0.717) is 11.8 Å². The van der Waals surface area contributed by atoms with Crippen LogP contribution in [0.2, 0.25) is 0 Å². The quantitative estimate of drug-likeness (QED) is 0.227. The maximum absolute atomic E-state index is 3.47. The second-order valence-electron chi connectivity index (χ2n) is 12.6. The molecule has 0 saturated heterocycles. The number of benzene rings is 4. The van der Waals surface area contributed by atoms with Gasteiger partial charge in [0.15, 0.2) is 0 Å². The van der Waals surface area contributed by atoms with E-state index in [1.54, 1.807) is 0 Å². The zero-order chi connectivity index (χ0) is 27.9. The third-order valence-electron chi connectivity index (χ3n) is 9.76. The Bertz CT molecular complexity index is 1910. The predicted molar refractivity (Wildman–Crippen MR) is 174 cm³/mol. The van der Waals surface area contributed by atoms with Gasteiger partial charge < -0.3 is 9.97 Å². The Labute approximate surface area is 241 Å². The first-order valence-electron chi connectivity index (χ1n) is 14.7. The first kappa shape index (κ1) is 24.3. The zero-order valence-electron chi connectivity index (χ0n) is 24.0. The normalized spacial score (nSPS) is 18.0. The van der Waals surface area contributed by atoms with Crippen molar-refractivity contribution in [2.75, 3.05) is 0 Å². The van der Waals surface area contributed by atoms with E-state index < -0.39 is 0 Å². The SMILES string of the molecule is CC1=Cc2ccc(-c3c[nH]c4ccccc34)cc2C1C(C)(C)C1C(C)=Cc2ccc(-c3c[nH]c4ccccc34)cc21. The summed E-state index contributed by atoms with van der Waals surface area (Å²) < 4.78 is 0. The highest BCUT2D eigenvalue weighted by atomic mass is 14.7. The molecular formula is C39H34N2. The molecule has 0 aliphatic heterocycles. The number of nitrogens with one attached hydrogen (secondary N) is 2. The average molecular weight is 531 g/mol. The molecule has 2 aromatic heterocycles. The van der Waals surface area contributed by atoms with Gasteiger partial charge >= 0.3 is 0 Å². The third kappa shape index (κ3) is 3.56. The molecule has 0 radical (unpaired) electrons. The Morgan fingerprint density at radius 1 is 0.561 bits per heavy atom. The molecule has 41 heavy (non-hydrogen) atoms. The van der Waals surface area contributed by atoms with Gasteiger partial charge in [0.2, 0.25) is 0 Å². The number of allylic oxidation sites excluding steroid dienone is 2. The van der Waals surface area contributed by atoms with Gasteiger partial charge in [0.05, 0.1) is 0 Å². The van der Waals surface area contributed by atoms with Crippen LogP contribution in [0, 0.1) is 5.41 Å². The van der Waals surface area contributed by atoms with Crippen LogP contribution in [0.5, 0.6) is 0 Å². The van der Waals surface area contributed by atoms with Crippen molar-refractivity contribution in [3.63, 3.8) is 0 Å². The second kappa shape index (κ2) is 8.72. The summed E-state index contributed by atoms with van der Waals surface area (Å²) in [5.41, 5.74) is 16.0. The lowest BCUT2D eigenvalue weighted by Gasteiger charge is -2.41. The van der Waals surface area contributed by atoms with Crippen LogP contribution in [-0.4, -0.2) is 9.97 Å². The van der Waals surface area contributed by atoms with Crippen molar-refractivity contribution in [3.05, 3.63) is 131 Å². The Morgan fingerprint density at radius 3 is 1.46 bits per heavy atom. The number of rotatable bonds is 4. The number of fused-ring (bicyclic) bond motifs is 4. The molecule has 2 heteroatoms. The van der Waals surface area contributed by atoms with Crippen molar-refractivity contribution in [1.82, 2.24) is 9.97 Å². The Balaban J connectivity index is 1.22. The van der Waals surface area contributed by atoms with E-state index in [0.717, 1.165) is 0 Å². The van der Waals surface area contributed by atoms with Crippen LogP contribution in [-0.2, 0) is 0 Å². The van der Waals surface area contributed by atoms with Crippen LogP contribution >= 0.6 is 0 Å². The molecule has 2 heterocycles. The molecule has 0 saturated carbocycles. The first-order valence-corrected chi connectivity index (χ1v) is 14.7. The second-order valence-corrected chi connectivity index (χ2v) is 12.6. The molecule has 8 rings (SSSR count). The first-order chi connectivity index (χ1) is 19.9. The van der Waals surface area contributed by atoms with Crippen molar-refractivity contribution >= 4 is 34.0 Å². The van der Waals surface area contributed by atoms with E-state index in [-0.39, 0.29) is 5.41 Å². The van der Waals surface area contributed by atoms with Crippen molar-refractivity contribution in [1.29, 1.82) is 0 Å². The molecule has 2 nitrogen and oxygen atoms in total. The van der Waals surface area contributed by atoms with Gasteiger partial charge in [0, 0.05) is 57.2 Å². The van der Waals surface area contributed by atoms with Gasteiger partial charge in [-0.05, 0) is 76.9 Å². The summed E-state index contributed by atoms with van der Waals surface area (Å²) in [6.07, 6.45) is 9.15. The fourth-order valence-corrected chi connectivity index (χ4v) is 8.16. The molecule has 0 amide bonds. The molecule has 200 valence electrons. The molecule has 6 aromatic rings. The van der Waals surface area contributed by atoms with Crippen LogP contribution in [0.25, 0.3) is 56.2 Å². The minimum atomic E-state index is -0.0185. The van der Waals surface area contributed by atoms with Gasteiger partial charge in [-0.3, -0.25) is 0 Å². The smallest absolute Gasteiger partial charge is 0.0460 e. The van der Waals surface area contributed by atoms with E-state index >= 15 is 0 Å². The topological polar surface area (TPSA) is 31.6 Å². The Morgan fingerprint density at radius 2 is 1.00 bits per heavy atom. The van der Waals surface area contributed by atoms with Crippen LogP contribution in [0.15, 0.2) is 108 Å². The Kier molecular flexibility index (Phi) is 5.16. The van der Waals surface area contributed by atoms with Gasteiger partial charge in [-0.2, -0.15) is 0 Å². The monoisotopic (exact) mass is 530 g/mol. The molecule has 0 spiro atoms. The van der Waals surface area contributed by atoms with Crippen molar-refractivity contribution < 1.29 is 0 Å². The van der Waals surface area contributed by atoms with E-state index in [2.05, 4.69) is 147 Å². The van der Waals surface area contributed by atoms with Crippen molar-refractivity contribution in [2.45, 2.75) is 39.5 Å². The number of hydrogen-bond donors (Lipinski definition) is 2. The summed E-state index contributed by atoms with van der Waals surface area (Å²) in [6, 6.07) is 31.3. The minimum absolute atomic E-state index is 0.0185. The molecule has 0 fully saturated rings. The van der Waals surface area contributed by atoms with Crippen LogP contribution in [0.4, 0.5) is 0 Å². The van der Waals surface area contributed by atoms with Crippen LogP contribution < -0.4 is 0 Å². The maximum Gasteiger partial charge on any atom is 0.0460 e. The largest absolute Gasteiger partial charge is 0.361 e. The highest BCUT2D eigenvalue weighted by Gasteiger charge is 2.45. The summed E-state index contributed by atoms with van der Waals surface area (Å²) in [5, 5.41) is 2.55. The van der Waals surface area contributed by atoms with Crippen molar-refractivity contribution in [3.8, 4) is 22.3 Å². The number of H-pyrrole nitrogens is 2. The van der Waals surface area contributed by atoms with Crippen LogP contribution in [0.3, 0.4) is 0 Å². The summed E-state index contributed by atoms with van der Waals surface area (Å²) >= 11 is 0. The molecule has 0 bridgehead atoms.